The van der Waals surface area contributed by atoms with Gasteiger partial charge in [0.15, 0.2) is 0 Å². The third-order valence-corrected chi connectivity index (χ3v) is 3.37. The molecule has 0 aliphatic rings. The van der Waals surface area contributed by atoms with Crippen LogP contribution in [0.5, 0.6) is 0 Å². The molecule has 0 N–H and O–H groups in total. The summed E-state index contributed by atoms with van der Waals surface area (Å²) in [6.45, 7) is 0. The minimum atomic E-state index is 0.409. The lowest BCUT2D eigenvalue weighted by atomic mass is 10.2. The van der Waals surface area contributed by atoms with Crippen LogP contribution in [0.15, 0.2) is 39.5 Å². The van der Waals surface area contributed by atoms with Crippen LogP contribution < -0.4 is 0 Å². The van der Waals surface area contributed by atoms with Crippen molar-refractivity contribution >= 4 is 22.7 Å². The van der Waals surface area contributed by atoms with Crippen LogP contribution in [-0.4, -0.2) is 15.9 Å². The van der Waals surface area contributed by atoms with Crippen LogP contribution in [0.25, 0.3) is 22.4 Å². The Kier molecular flexibility index (Phi) is 3.21. The Labute approximate surface area is 113 Å². The van der Waals surface area contributed by atoms with Crippen LogP contribution in [0, 0.1) is 11.3 Å². The van der Waals surface area contributed by atoms with Gasteiger partial charge in [-0.05, 0) is 6.07 Å². The molecule has 3 aromatic rings. The molecule has 2 heterocycles. The van der Waals surface area contributed by atoms with Gasteiger partial charge in [-0.2, -0.15) is 10.2 Å². The molecule has 0 saturated heterocycles. The summed E-state index contributed by atoms with van der Waals surface area (Å²) < 4.78 is 10.6. The zero-order valence-electron chi connectivity index (χ0n) is 9.87. The molecule has 0 amide bonds. The first-order valence-electron chi connectivity index (χ1n) is 5.62. The summed E-state index contributed by atoms with van der Waals surface area (Å²) in [5.74, 6) is 1.97. The second-order valence-corrected chi connectivity index (χ2v) is 4.79. The first-order valence-corrected chi connectivity index (χ1v) is 6.78. The van der Waals surface area contributed by atoms with E-state index in [1.54, 1.807) is 6.26 Å². The van der Waals surface area contributed by atoms with Gasteiger partial charge >= 0.3 is 0 Å². The van der Waals surface area contributed by atoms with Crippen LogP contribution in [0.4, 0.5) is 0 Å². The van der Waals surface area contributed by atoms with E-state index in [0.717, 1.165) is 16.5 Å². The summed E-state index contributed by atoms with van der Waals surface area (Å²) in [5, 5.41) is 13.4. The summed E-state index contributed by atoms with van der Waals surface area (Å²) in [6, 6.07) is 9.75. The van der Waals surface area contributed by atoms with E-state index in [-0.39, 0.29) is 0 Å². The molecule has 0 saturated carbocycles. The maximum absolute atomic E-state index is 8.47. The Morgan fingerprint density at radius 1 is 1.32 bits per heavy atom. The van der Waals surface area contributed by atoms with Gasteiger partial charge in [-0.15, -0.1) is 11.8 Å². The second-order valence-electron chi connectivity index (χ2n) is 3.81. The number of hydrogen-bond acceptors (Lipinski definition) is 6. The summed E-state index contributed by atoms with van der Waals surface area (Å²) >= 11 is 1.44. The van der Waals surface area contributed by atoms with Crippen molar-refractivity contribution in [3.63, 3.8) is 0 Å². The van der Waals surface area contributed by atoms with Crippen molar-refractivity contribution in [2.75, 3.05) is 5.75 Å². The van der Waals surface area contributed by atoms with E-state index < -0.39 is 0 Å². The average Bonchev–Trinajstić information content (AvgIpc) is 3.05. The molecule has 19 heavy (non-hydrogen) atoms. The molecule has 1 aromatic carbocycles. The van der Waals surface area contributed by atoms with Gasteiger partial charge in [0.2, 0.25) is 11.7 Å². The van der Waals surface area contributed by atoms with Crippen LogP contribution in [-0.2, 0) is 5.75 Å². The van der Waals surface area contributed by atoms with Crippen molar-refractivity contribution in [1.29, 1.82) is 5.26 Å². The third-order valence-electron chi connectivity index (χ3n) is 2.58. The number of hydrogen-bond donors (Lipinski definition) is 0. The van der Waals surface area contributed by atoms with Crippen molar-refractivity contribution in [1.82, 2.24) is 10.1 Å². The molecule has 3 rings (SSSR count). The smallest absolute Gasteiger partial charge is 0.236 e. The van der Waals surface area contributed by atoms with Gasteiger partial charge in [0.05, 0.1) is 23.1 Å². The fourth-order valence-corrected chi connectivity index (χ4v) is 2.24. The number of furan rings is 1. The van der Waals surface area contributed by atoms with Gasteiger partial charge in [0.1, 0.15) is 11.8 Å². The van der Waals surface area contributed by atoms with Gasteiger partial charge in [-0.25, -0.2) is 0 Å². The number of benzene rings is 1. The number of aromatic nitrogens is 2. The Hall–Kier alpha value is -2.26. The maximum atomic E-state index is 8.47. The number of rotatable bonds is 4. The highest BCUT2D eigenvalue weighted by Crippen LogP contribution is 2.28. The Morgan fingerprint density at radius 3 is 3.11 bits per heavy atom. The Balaban J connectivity index is 1.88. The largest absolute Gasteiger partial charge is 0.464 e. The molecule has 2 aromatic heterocycles. The molecule has 5 nitrogen and oxygen atoms in total. The monoisotopic (exact) mass is 271 g/mol. The van der Waals surface area contributed by atoms with Crippen molar-refractivity contribution < 1.29 is 8.94 Å². The van der Waals surface area contributed by atoms with E-state index in [0.29, 0.717) is 23.2 Å². The molecule has 0 aliphatic carbocycles. The fourth-order valence-electron chi connectivity index (χ4n) is 1.76. The first-order chi connectivity index (χ1) is 9.38. The zero-order chi connectivity index (χ0) is 13.1. The van der Waals surface area contributed by atoms with Crippen LogP contribution >= 0.6 is 11.8 Å². The van der Waals surface area contributed by atoms with Crippen molar-refractivity contribution in [2.45, 2.75) is 5.75 Å². The van der Waals surface area contributed by atoms with Crippen LogP contribution in [0.2, 0.25) is 0 Å². The molecule has 0 spiro atoms. The maximum Gasteiger partial charge on any atom is 0.236 e. The van der Waals surface area contributed by atoms with E-state index in [2.05, 4.69) is 16.2 Å². The molecule has 0 fully saturated rings. The van der Waals surface area contributed by atoms with Crippen LogP contribution in [0.3, 0.4) is 0 Å². The van der Waals surface area contributed by atoms with E-state index in [4.69, 9.17) is 14.2 Å². The van der Waals surface area contributed by atoms with E-state index in [1.165, 1.54) is 11.8 Å². The SMILES string of the molecule is N#CCSCc1nc(-c2coc3ccccc23)no1. The normalized spacial score (nSPS) is 10.7. The number of nitrogens with zero attached hydrogens (tertiary/aromatic N) is 3. The highest BCUT2D eigenvalue weighted by Gasteiger charge is 2.14. The second kappa shape index (κ2) is 5.16. The summed E-state index contributed by atoms with van der Waals surface area (Å²) in [6.07, 6.45) is 1.63. The predicted molar refractivity (Wildman–Crippen MR) is 71.3 cm³/mol. The number of fused-ring (bicyclic) bond motifs is 1. The minimum Gasteiger partial charge on any atom is -0.464 e. The number of para-hydroxylation sites is 1. The predicted octanol–water partition coefficient (Wildman–Crippen LogP) is 3.24. The Bertz CT molecular complexity index is 742. The quantitative estimate of drug-likeness (QED) is 0.678. The molecular formula is C13H9N3O2S. The first kappa shape index (κ1) is 11.8. The highest BCUT2D eigenvalue weighted by molar-refractivity contribution is 7.98. The van der Waals surface area contributed by atoms with E-state index in [1.807, 2.05) is 24.3 Å². The average molecular weight is 271 g/mol. The number of thioether (sulfide) groups is 1. The zero-order valence-corrected chi connectivity index (χ0v) is 10.7. The lowest BCUT2D eigenvalue weighted by Crippen LogP contribution is -1.82. The van der Waals surface area contributed by atoms with Gasteiger partial charge in [0.25, 0.3) is 0 Å². The number of nitriles is 1. The molecule has 6 heteroatoms. The van der Waals surface area contributed by atoms with Crippen LogP contribution in [0.1, 0.15) is 5.89 Å². The molecule has 0 radical (unpaired) electrons. The molecule has 0 unspecified atom stereocenters. The molecule has 0 bridgehead atoms. The van der Waals surface area contributed by atoms with Crippen molar-refractivity contribution in [3.8, 4) is 17.5 Å². The lowest BCUT2D eigenvalue weighted by molar-refractivity contribution is 0.391. The van der Waals surface area contributed by atoms with E-state index >= 15 is 0 Å². The summed E-state index contributed by atoms with van der Waals surface area (Å²) in [4.78, 5) is 4.31. The molecule has 0 aliphatic heterocycles. The van der Waals surface area contributed by atoms with Gasteiger partial charge in [0, 0.05) is 5.39 Å². The molecule has 94 valence electrons. The Morgan fingerprint density at radius 2 is 2.21 bits per heavy atom. The lowest BCUT2D eigenvalue weighted by Gasteiger charge is -1.89. The van der Waals surface area contributed by atoms with Gasteiger partial charge < -0.3 is 8.94 Å². The van der Waals surface area contributed by atoms with E-state index in [9.17, 15) is 0 Å². The molecule has 0 atom stereocenters. The standard InChI is InChI=1S/C13H9N3O2S/c14-5-6-19-8-12-15-13(16-18-12)10-7-17-11-4-2-1-3-9(10)11/h1-4,7H,6,8H2. The summed E-state index contributed by atoms with van der Waals surface area (Å²) in [5.41, 5.74) is 1.61. The van der Waals surface area contributed by atoms with Gasteiger partial charge in [-0.1, -0.05) is 23.4 Å². The summed E-state index contributed by atoms with van der Waals surface area (Å²) in [7, 11) is 0. The molecular weight excluding hydrogens is 262 g/mol. The highest BCUT2D eigenvalue weighted by atomic mass is 32.2. The minimum absolute atomic E-state index is 0.409. The topological polar surface area (TPSA) is 75.8 Å². The fraction of sp³-hybridized carbons (Fsp3) is 0.154. The third kappa shape index (κ3) is 2.33. The van der Waals surface area contributed by atoms with Crippen molar-refractivity contribution in [3.05, 3.63) is 36.4 Å². The van der Waals surface area contributed by atoms with Crippen molar-refractivity contribution in [2.24, 2.45) is 0 Å². The van der Waals surface area contributed by atoms with Gasteiger partial charge in [-0.3, -0.25) is 0 Å².